The van der Waals surface area contributed by atoms with Gasteiger partial charge in [0.1, 0.15) is 5.69 Å². The molecule has 0 aliphatic rings. The number of aliphatic hydroxyl groups is 1. The van der Waals surface area contributed by atoms with Gasteiger partial charge in [-0.15, -0.1) is 11.3 Å². The first kappa shape index (κ1) is 13.7. The Labute approximate surface area is 125 Å². The van der Waals surface area contributed by atoms with Gasteiger partial charge in [-0.25, -0.2) is 9.97 Å². The van der Waals surface area contributed by atoms with Crippen molar-refractivity contribution in [3.8, 4) is 0 Å². The van der Waals surface area contributed by atoms with Gasteiger partial charge in [-0.05, 0) is 19.1 Å². The van der Waals surface area contributed by atoms with Crippen LogP contribution in [0.5, 0.6) is 0 Å². The van der Waals surface area contributed by atoms with Crippen LogP contribution in [-0.2, 0) is 0 Å². The van der Waals surface area contributed by atoms with E-state index in [1.165, 1.54) is 11.3 Å². The second-order valence-corrected chi connectivity index (χ2v) is 5.45. The van der Waals surface area contributed by atoms with Gasteiger partial charge in [0, 0.05) is 10.8 Å². The summed E-state index contributed by atoms with van der Waals surface area (Å²) in [6, 6.07) is 11.2. The quantitative estimate of drug-likeness (QED) is 0.779. The van der Waals surface area contributed by atoms with Crippen LogP contribution in [0.1, 0.15) is 29.2 Å². The van der Waals surface area contributed by atoms with Gasteiger partial charge in [-0.2, -0.15) is 0 Å². The molecule has 21 heavy (non-hydrogen) atoms. The Hall–Kier alpha value is -2.31. The Kier molecular flexibility index (Phi) is 3.64. The molecule has 3 rings (SSSR count). The average molecular weight is 299 g/mol. The minimum absolute atomic E-state index is 0.313. The lowest BCUT2D eigenvalue weighted by molar-refractivity contribution is 0.102. The standard InChI is InChI=1S/C15H13N3O2S/c1-9(19)13-8-21-15(17-13)18-14(20)12-7-6-10-4-2-3-5-11(10)16-12/h2-9,19H,1H3,(H,17,18,20). The van der Waals surface area contributed by atoms with Crippen molar-refractivity contribution in [3.05, 3.63) is 53.2 Å². The number of benzene rings is 1. The van der Waals surface area contributed by atoms with Gasteiger partial charge in [0.05, 0.1) is 17.3 Å². The van der Waals surface area contributed by atoms with E-state index >= 15 is 0 Å². The third-order valence-corrected chi connectivity index (χ3v) is 3.78. The lowest BCUT2D eigenvalue weighted by atomic mass is 10.2. The van der Waals surface area contributed by atoms with Crippen LogP contribution in [0.3, 0.4) is 0 Å². The normalized spacial score (nSPS) is 12.3. The van der Waals surface area contributed by atoms with Crippen molar-refractivity contribution >= 4 is 33.3 Å². The van der Waals surface area contributed by atoms with Crippen LogP contribution in [0.25, 0.3) is 10.9 Å². The monoisotopic (exact) mass is 299 g/mol. The number of fused-ring (bicyclic) bond motifs is 1. The fourth-order valence-corrected chi connectivity index (χ4v) is 2.68. The third-order valence-electron chi connectivity index (χ3n) is 3.00. The number of aliphatic hydroxyl groups excluding tert-OH is 1. The molecule has 1 unspecified atom stereocenters. The molecule has 0 aliphatic carbocycles. The molecule has 0 spiro atoms. The Morgan fingerprint density at radius 1 is 1.24 bits per heavy atom. The highest BCUT2D eigenvalue weighted by molar-refractivity contribution is 7.14. The highest BCUT2D eigenvalue weighted by atomic mass is 32.1. The highest BCUT2D eigenvalue weighted by Crippen LogP contribution is 2.21. The van der Waals surface area contributed by atoms with Crippen molar-refractivity contribution in [3.63, 3.8) is 0 Å². The first-order valence-corrected chi connectivity index (χ1v) is 7.32. The summed E-state index contributed by atoms with van der Waals surface area (Å²) in [4.78, 5) is 20.6. The van der Waals surface area contributed by atoms with Gasteiger partial charge in [0.15, 0.2) is 5.13 Å². The summed E-state index contributed by atoms with van der Waals surface area (Å²) in [5.41, 5.74) is 1.65. The number of para-hydroxylation sites is 1. The van der Waals surface area contributed by atoms with Crippen LogP contribution in [0.4, 0.5) is 5.13 Å². The highest BCUT2D eigenvalue weighted by Gasteiger charge is 2.12. The zero-order valence-corrected chi connectivity index (χ0v) is 12.1. The molecule has 2 heterocycles. The number of nitrogens with one attached hydrogen (secondary N) is 1. The molecule has 5 nitrogen and oxygen atoms in total. The van der Waals surface area contributed by atoms with Crippen LogP contribution >= 0.6 is 11.3 Å². The SMILES string of the molecule is CC(O)c1csc(NC(=O)c2ccc3ccccc3n2)n1. The topological polar surface area (TPSA) is 75.1 Å². The first-order chi connectivity index (χ1) is 10.1. The average Bonchev–Trinajstić information content (AvgIpc) is 2.95. The molecule has 0 saturated carbocycles. The van der Waals surface area contributed by atoms with E-state index in [4.69, 9.17) is 0 Å². The molecule has 0 fully saturated rings. The van der Waals surface area contributed by atoms with Crippen LogP contribution in [0, 0.1) is 0 Å². The first-order valence-electron chi connectivity index (χ1n) is 6.44. The summed E-state index contributed by atoms with van der Waals surface area (Å²) in [6.07, 6.45) is -0.648. The molecule has 1 aromatic carbocycles. The minimum atomic E-state index is -0.648. The van der Waals surface area contributed by atoms with Gasteiger partial charge in [0.25, 0.3) is 5.91 Å². The van der Waals surface area contributed by atoms with Crippen LogP contribution in [-0.4, -0.2) is 21.0 Å². The Morgan fingerprint density at radius 2 is 2.05 bits per heavy atom. The zero-order chi connectivity index (χ0) is 14.8. The van der Waals surface area contributed by atoms with E-state index in [1.54, 1.807) is 18.4 Å². The maximum atomic E-state index is 12.2. The largest absolute Gasteiger partial charge is 0.387 e. The fourth-order valence-electron chi connectivity index (χ4n) is 1.89. The summed E-state index contributed by atoms with van der Waals surface area (Å²) in [5, 5.41) is 15.3. The number of hydrogen-bond acceptors (Lipinski definition) is 5. The smallest absolute Gasteiger partial charge is 0.276 e. The summed E-state index contributed by atoms with van der Waals surface area (Å²) in [5.74, 6) is -0.313. The maximum Gasteiger partial charge on any atom is 0.276 e. The number of nitrogens with zero attached hydrogens (tertiary/aromatic N) is 2. The molecule has 1 amide bonds. The van der Waals surface area contributed by atoms with Gasteiger partial charge in [-0.1, -0.05) is 24.3 Å². The van der Waals surface area contributed by atoms with Crippen molar-refractivity contribution < 1.29 is 9.90 Å². The lowest BCUT2D eigenvalue weighted by Crippen LogP contribution is -2.13. The Bertz CT molecular complexity index is 798. The molecule has 2 N–H and O–H groups in total. The number of anilines is 1. The van der Waals surface area contributed by atoms with Crippen molar-refractivity contribution in [1.82, 2.24) is 9.97 Å². The lowest BCUT2D eigenvalue weighted by Gasteiger charge is -2.03. The molecule has 0 radical (unpaired) electrons. The zero-order valence-electron chi connectivity index (χ0n) is 11.3. The number of rotatable bonds is 3. The molecular formula is C15H13N3O2S. The van der Waals surface area contributed by atoms with Crippen LogP contribution < -0.4 is 5.32 Å². The number of hydrogen-bond donors (Lipinski definition) is 2. The molecule has 3 aromatic rings. The van der Waals surface area contributed by atoms with E-state index in [0.29, 0.717) is 16.5 Å². The summed E-state index contributed by atoms with van der Waals surface area (Å²) in [7, 11) is 0. The van der Waals surface area contributed by atoms with E-state index in [0.717, 1.165) is 10.9 Å². The number of thiazole rings is 1. The molecule has 0 saturated heterocycles. The van der Waals surface area contributed by atoms with Crippen molar-refractivity contribution in [1.29, 1.82) is 0 Å². The summed E-state index contributed by atoms with van der Waals surface area (Å²) < 4.78 is 0. The predicted molar refractivity (Wildman–Crippen MR) is 82.4 cm³/mol. The Balaban J connectivity index is 1.82. The van der Waals surface area contributed by atoms with E-state index < -0.39 is 6.10 Å². The molecular weight excluding hydrogens is 286 g/mol. The maximum absolute atomic E-state index is 12.2. The summed E-state index contributed by atoms with van der Waals surface area (Å²) in [6.45, 7) is 1.63. The molecule has 0 aliphatic heterocycles. The summed E-state index contributed by atoms with van der Waals surface area (Å²) >= 11 is 1.27. The fraction of sp³-hybridized carbons (Fsp3) is 0.133. The molecule has 1 atom stereocenters. The van der Waals surface area contributed by atoms with Gasteiger partial charge >= 0.3 is 0 Å². The van der Waals surface area contributed by atoms with Crippen molar-refractivity contribution in [2.45, 2.75) is 13.0 Å². The second-order valence-electron chi connectivity index (χ2n) is 4.60. The van der Waals surface area contributed by atoms with Gasteiger partial charge < -0.3 is 5.11 Å². The van der Waals surface area contributed by atoms with Crippen molar-refractivity contribution in [2.24, 2.45) is 0 Å². The molecule has 106 valence electrons. The third kappa shape index (κ3) is 2.91. The Morgan fingerprint density at radius 3 is 2.81 bits per heavy atom. The van der Waals surface area contributed by atoms with Crippen LogP contribution in [0.2, 0.25) is 0 Å². The second kappa shape index (κ2) is 5.59. The van der Waals surface area contributed by atoms with Crippen molar-refractivity contribution in [2.75, 3.05) is 5.32 Å². The predicted octanol–water partition coefficient (Wildman–Crippen LogP) is 3.00. The number of amides is 1. The van der Waals surface area contributed by atoms with Gasteiger partial charge in [-0.3, -0.25) is 10.1 Å². The van der Waals surface area contributed by atoms with E-state index in [-0.39, 0.29) is 5.91 Å². The molecule has 2 aromatic heterocycles. The minimum Gasteiger partial charge on any atom is -0.387 e. The van der Waals surface area contributed by atoms with E-state index in [1.807, 2.05) is 30.3 Å². The number of carbonyl (C=O) groups is 1. The van der Waals surface area contributed by atoms with E-state index in [9.17, 15) is 9.90 Å². The number of carbonyl (C=O) groups excluding carboxylic acids is 1. The van der Waals surface area contributed by atoms with Gasteiger partial charge in [0.2, 0.25) is 0 Å². The van der Waals surface area contributed by atoms with E-state index in [2.05, 4.69) is 15.3 Å². The number of aromatic nitrogens is 2. The van der Waals surface area contributed by atoms with Crippen LogP contribution in [0.15, 0.2) is 41.8 Å². The molecule has 0 bridgehead atoms. The molecule has 6 heteroatoms. The number of pyridine rings is 1.